The Labute approximate surface area is 161 Å². The molecule has 0 fully saturated rings. The van der Waals surface area contributed by atoms with Crippen molar-refractivity contribution in [3.63, 3.8) is 0 Å². The van der Waals surface area contributed by atoms with Crippen molar-refractivity contribution in [1.29, 1.82) is 0 Å². The molecule has 0 aromatic carbocycles. The molecule has 5 heteroatoms. The molecule has 0 amide bonds. The molecule has 0 saturated carbocycles. The SMILES string of the molecule is C=CCOP(=O)(O)OCCCCCCCCC=CCCCCCCCC. The topological polar surface area (TPSA) is 55.8 Å². The predicted octanol–water partition coefficient (Wildman–Crippen LogP) is 7.34. The van der Waals surface area contributed by atoms with Gasteiger partial charge in [0.25, 0.3) is 0 Å². The molecular weight excluding hydrogens is 347 g/mol. The van der Waals surface area contributed by atoms with E-state index < -0.39 is 7.82 Å². The van der Waals surface area contributed by atoms with Crippen molar-refractivity contribution >= 4 is 7.82 Å². The third kappa shape index (κ3) is 19.9. The first-order chi connectivity index (χ1) is 12.6. The Morgan fingerprint density at radius 1 is 0.808 bits per heavy atom. The van der Waals surface area contributed by atoms with Gasteiger partial charge in [-0.05, 0) is 32.1 Å². The van der Waals surface area contributed by atoms with Gasteiger partial charge >= 0.3 is 7.82 Å². The number of allylic oxidation sites excluding steroid dienone is 2. The van der Waals surface area contributed by atoms with Crippen molar-refractivity contribution in [2.75, 3.05) is 13.2 Å². The van der Waals surface area contributed by atoms with E-state index in [9.17, 15) is 9.46 Å². The van der Waals surface area contributed by atoms with Crippen LogP contribution in [0.2, 0.25) is 0 Å². The van der Waals surface area contributed by atoms with Gasteiger partial charge in [-0.2, -0.15) is 0 Å². The lowest BCUT2D eigenvalue weighted by Crippen LogP contribution is -1.97. The van der Waals surface area contributed by atoms with Crippen LogP contribution >= 0.6 is 7.82 Å². The molecule has 0 aromatic rings. The summed E-state index contributed by atoms with van der Waals surface area (Å²) in [6.07, 6.45) is 23.4. The van der Waals surface area contributed by atoms with Crippen molar-refractivity contribution in [2.24, 2.45) is 0 Å². The second kappa shape index (κ2) is 19.4. The first kappa shape index (κ1) is 25.6. The minimum Gasteiger partial charge on any atom is -0.302 e. The standard InChI is InChI=1S/C21H41O4P/c1-3-5-6-7-8-9-10-11-12-13-14-15-16-17-18-19-21-25-26(22,23)24-20-4-2/h4,11-12H,2-3,5-10,13-21H2,1H3,(H,22,23). The summed E-state index contributed by atoms with van der Waals surface area (Å²) in [5.41, 5.74) is 0. The lowest BCUT2D eigenvalue weighted by Gasteiger charge is -2.10. The fourth-order valence-corrected chi connectivity index (χ4v) is 3.44. The minimum atomic E-state index is -3.88. The van der Waals surface area contributed by atoms with E-state index in [4.69, 9.17) is 4.52 Å². The van der Waals surface area contributed by atoms with Crippen LogP contribution in [0.15, 0.2) is 24.8 Å². The summed E-state index contributed by atoms with van der Waals surface area (Å²) in [6.45, 7) is 5.99. The van der Waals surface area contributed by atoms with Gasteiger partial charge in [0.1, 0.15) is 0 Å². The van der Waals surface area contributed by atoms with Crippen LogP contribution in [0.1, 0.15) is 96.8 Å². The number of rotatable bonds is 20. The molecule has 0 bridgehead atoms. The zero-order valence-corrected chi connectivity index (χ0v) is 17.8. The Bertz CT molecular complexity index is 382. The molecule has 1 unspecified atom stereocenters. The molecule has 0 rings (SSSR count). The van der Waals surface area contributed by atoms with Gasteiger partial charge in [-0.15, -0.1) is 6.58 Å². The summed E-state index contributed by atoms with van der Waals surface area (Å²) in [6, 6.07) is 0. The third-order valence-corrected chi connectivity index (χ3v) is 5.25. The van der Waals surface area contributed by atoms with E-state index in [-0.39, 0.29) is 13.2 Å². The summed E-state index contributed by atoms with van der Waals surface area (Å²) < 4.78 is 20.9. The van der Waals surface area contributed by atoms with Gasteiger partial charge < -0.3 is 4.89 Å². The van der Waals surface area contributed by atoms with Crippen LogP contribution in [-0.2, 0) is 13.6 Å². The van der Waals surface area contributed by atoms with Gasteiger partial charge in [0.15, 0.2) is 0 Å². The Hall–Kier alpha value is -0.410. The van der Waals surface area contributed by atoms with Crippen molar-refractivity contribution in [3.8, 4) is 0 Å². The van der Waals surface area contributed by atoms with Crippen molar-refractivity contribution in [3.05, 3.63) is 24.8 Å². The highest BCUT2D eigenvalue weighted by atomic mass is 31.2. The van der Waals surface area contributed by atoms with E-state index in [1.807, 2.05) is 0 Å². The predicted molar refractivity (Wildman–Crippen MR) is 111 cm³/mol. The summed E-state index contributed by atoms with van der Waals surface area (Å²) in [4.78, 5) is 9.33. The van der Waals surface area contributed by atoms with E-state index in [0.29, 0.717) is 0 Å². The quantitative estimate of drug-likeness (QED) is 0.135. The highest BCUT2D eigenvalue weighted by molar-refractivity contribution is 7.47. The van der Waals surface area contributed by atoms with Crippen LogP contribution in [0.5, 0.6) is 0 Å². The zero-order chi connectivity index (χ0) is 19.3. The molecule has 0 aliphatic heterocycles. The molecule has 0 aromatic heterocycles. The lowest BCUT2D eigenvalue weighted by atomic mass is 10.1. The summed E-state index contributed by atoms with van der Waals surface area (Å²) in [5, 5.41) is 0. The summed E-state index contributed by atoms with van der Waals surface area (Å²) >= 11 is 0. The molecule has 0 aliphatic carbocycles. The molecule has 26 heavy (non-hydrogen) atoms. The van der Waals surface area contributed by atoms with Crippen molar-refractivity contribution in [2.45, 2.75) is 96.8 Å². The molecule has 0 aliphatic rings. The third-order valence-electron chi connectivity index (χ3n) is 4.27. The van der Waals surface area contributed by atoms with E-state index in [1.54, 1.807) is 0 Å². The Kier molecular flexibility index (Phi) is 19.0. The molecule has 154 valence electrons. The Balaban J connectivity index is 3.25. The zero-order valence-electron chi connectivity index (χ0n) is 16.9. The van der Waals surface area contributed by atoms with Gasteiger partial charge in [0.05, 0.1) is 13.2 Å². The second-order valence-electron chi connectivity index (χ2n) is 6.82. The smallest absolute Gasteiger partial charge is 0.302 e. The highest BCUT2D eigenvalue weighted by Gasteiger charge is 2.19. The largest absolute Gasteiger partial charge is 0.472 e. The van der Waals surface area contributed by atoms with Gasteiger partial charge in [-0.25, -0.2) is 4.57 Å². The van der Waals surface area contributed by atoms with Crippen molar-refractivity contribution < 1.29 is 18.5 Å². The number of unbranched alkanes of at least 4 members (excludes halogenated alkanes) is 12. The van der Waals surface area contributed by atoms with Gasteiger partial charge in [-0.3, -0.25) is 9.05 Å². The van der Waals surface area contributed by atoms with Crippen LogP contribution in [-0.4, -0.2) is 18.1 Å². The number of hydrogen-bond donors (Lipinski definition) is 1. The van der Waals surface area contributed by atoms with Gasteiger partial charge in [0, 0.05) is 0 Å². The monoisotopic (exact) mass is 388 g/mol. The lowest BCUT2D eigenvalue weighted by molar-refractivity contribution is 0.158. The van der Waals surface area contributed by atoms with Crippen LogP contribution in [0.4, 0.5) is 0 Å². The average Bonchev–Trinajstić information content (AvgIpc) is 2.62. The maximum atomic E-state index is 11.4. The van der Waals surface area contributed by atoms with Crippen molar-refractivity contribution in [1.82, 2.24) is 0 Å². The molecule has 1 N–H and O–H groups in total. The molecule has 1 atom stereocenters. The molecule has 4 nitrogen and oxygen atoms in total. The van der Waals surface area contributed by atoms with Gasteiger partial charge in [-0.1, -0.05) is 82.9 Å². The van der Waals surface area contributed by atoms with E-state index in [0.717, 1.165) is 19.3 Å². The van der Waals surface area contributed by atoms with E-state index >= 15 is 0 Å². The highest BCUT2D eigenvalue weighted by Crippen LogP contribution is 2.43. The minimum absolute atomic E-state index is 0.0290. The van der Waals surface area contributed by atoms with Gasteiger partial charge in [0.2, 0.25) is 0 Å². The fraction of sp³-hybridized carbons (Fsp3) is 0.810. The maximum absolute atomic E-state index is 11.4. The second-order valence-corrected chi connectivity index (χ2v) is 8.28. The number of phosphoric acid groups is 1. The fourth-order valence-electron chi connectivity index (χ4n) is 2.71. The Morgan fingerprint density at radius 3 is 1.85 bits per heavy atom. The van der Waals surface area contributed by atoms with Crippen LogP contribution in [0, 0.1) is 0 Å². The van der Waals surface area contributed by atoms with Crippen LogP contribution in [0.3, 0.4) is 0 Å². The number of phosphoric ester groups is 1. The van der Waals surface area contributed by atoms with E-state index in [2.05, 4.69) is 30.2 Å². The molecule has 0 heterocycles. The average molecular weight is 389 g/mol. The molecule has 0 saturated heterocycles. The maximum Gasteiger partial charge on any atom is 0.472 e. The molecule has 0 radical (unpaired) electrons. The van der Waals surface area contributed by atoms with E-state index in [1.165, 1.54) is 76.7 Å². The first-order valence-corrected chi connectivity index (χ1v) is 12.0. The van der Waals surface area contributed by atoms with Crippen LogP contribution < -0.4 is 0 Å². The summed E-state index contributed by atoms with van der Waals surface area (Å²) in [5.74, 6) is 0. The number of hydrogen-bond acceptors (Lipinski definition) is 3. The normalized spacial score (nSPS) is 13.9. The Morgan fingerprint density at radius 2 is 1.31 bits per heavy atom. The summed E-state index contributed by atoms with van der Waals surface area (Å²) in [7, 11) is -3.88. The van der Waals surface area contributed by atoms with Crippen LogP contribution in [0.25, 0.3) is 0 Å². The first-order valence-electron chi connectivity index (χ1n) is 10.5. The molecular formula is C21H41O4P. The molecule has 0 spiro atoms.